The van der Waals surface area contributed by atoms with Gasteiger partial charge in [0.2, 0.25) is 0 Å². The van der Waals surface area contributed by atoms with E-state index in [0.29, 0.717) is 0 Å². The number of hydrogen-bond donors (Lipinski definition) is 2. The normalized spacial score (nSPS) is 13.3. The average molecular weight is 373 g/mol. The second kappa shape index (κ2) is 11.7. The van der Waals surface area contributed by atoms with Gasteiger partial charge < -0.3 is 0 Å². The van der Waals surface area contributed by atoms with Crippen LogP contribution in [0.3, 0.4) is 0 Å². The topological polar surface area (TPSA) is 52.0 Å². The van der Waals surface area contributed by atoms with Crippen molar-refractivity contribution < 1.29 is 0 Å². The molecule has 2 nitrogen and oxygen atoms in total. The van der Waals surface area contributed by atoms with E-state index in [1.54, 1.807) is 6.20 Å². The van der Waals surface area contributed by atoms with Gasteiger partial charge in [-0.05, 0) is 0 Å². The van der Waals surface area contributed by atoms with Crippen molar-refractivity contribution in [1.82, 2.24) is 0 Å². The van der Waals surface area contributed by atoms with Crippen LogP contribution < -0.4 is 11.5 Å². The minimum atomic E-state index is -2.30. The third-order valence-corrected chi connectivity index (χ3v) is 19.8. The summed E-state index contributed by atoms with van der Waals surface area (Å²) in [5.74, 6) is 0. The van der Waals surface area contributed by atoms with Gasteiger partial charge in [0.25, 0.3) is 0 Å². The SMILES string of the molecule is CCC[CH2][Sn]([CH2]CCC)([CH2]CCC)[C](/C=C\N)=C/N. The molecule has 0 aliphatic rings. The predicted octanol–water partition coefficient (Wildman–Crippen LogP) is 4.69. The van der Waals surface area contributed by atoms with Crippen molar-refractivity contribution in [3.05, 3.63) is 22.1 Å². The zero-order chi connectivity index (χ0) is 14.6. The first-order valence-corrected chi connectivity index (χ1v) is 15.5. The van der Waals surface area contributed by atoms with Gasteiger partial charge in [0.05, 0.1) is 0 Å². The Kier molecular flexibility index (Phi) is 11.6. The van der Waals surface area contributed by atoms with Crippen molar-refractivity contribution in [3.8, 4) is 0 Å². The molecule has 3 heteroatoms. The Hall–Kier alpha value is -0.121. The van der Waals surface area contributed by atoms with E-state index in [4.69, 9.17) is 11.5 Å². The van der Waals surface area contributed by atoms with Gasteiger partial charge in [-0.15, -0.1) is 0 Å². The van der Waals surface area contributed by atoms with E-state index in [1.165, 1.54) is 55.4 Å². The molecule has 0 aromatic heterocycles. The summed E-state index contributed by atoms with van der Waals surface area (Å²) in [7, 11) is 0. The molecular formula is C16H34N2Sn. The number of nitrogens with two attached hydrogens (primary N) is 2. The van der Waals surface area contributed by atoms with Crippen LogP contribution in [-0.2, 0) is 0 Å². The van der Waals surface area contributed by atoms with Gasteiger partial charge >= 0.3 is 125 Å². The third-order valence-electron chi connectivity index (χ3n) is 4.09. The summed E-state index contributed by atoms with van der Waals surface area (Å²) < 4.78 is 5.78. The van der Waals surface area contributed by atoms with E-state index in [-0.39, 0.29) is 0 Å². The van der Waals surface area contributed by atoms with E-state index >= 15 is 0 Å². The molecule has 0 aliphatic carbocycles. The molecule has 19 heavy (non-hydrogen) atoms. The number of allylic oxidation sites excluding steroid dienone is 2. The molecule has 112 valence electrons. The Bertz CT molecular complexity index is 250. The van der Waals surface area contributed by atoms with Crippen molar-refractivity contribution in [2.75, 3.05) is 0 Å². The third kappa shape index (κ3) is 6.73. The van der Waals surface area contributed by atoms with Crippen LogP contribution >= 0.6 is 0 Å². The summed E-state index contributed by atoms with van der Waals surface area (Å²) in [6.45, 7) is 6.88. The van der Waals surface area contributed by atoms with Gasteiger partial charge in [-0.25, -0.2) is 0 Å². The van der Waals surface area contributed by atoms with Crippen LogP contribution in [0.5, 0.6) is 0 Å². The zero-order valence-electron chi connectivity index (χ0n) is 13.3. The molecule has 4 N–H and O–H groups in total. The number of hydrogen-bond acceptors (Lipinski definition) is 2. The maximum absolute atomic E-state index is 5.94. The van der Waals surface area contributed by atoms with Crippen LogP contribution in [0.1, 0.15) is 59.3 Å². The molecule has 0 spiro atoms. The summed E-state index contributed by atoms with van der Waals surface area (Å²) in [5.41, 5.74) is 11.6. The predicted molar refractivity (Wildman–Crippen MR) is 90.5 cm³/mol. The van der Waals surface area contributed by atoms with Crippen LogP contribution in [0.15, 0.2) is 22.1 Å². The molecule has 0 bridgehead atoms. The Balaban J connectivity index is 5.17. The van der Waals surface area contributed by atoms with Crippen molar-refractivity contribution in [2.45, 2.75) is 72.6 Å². The van der Waals surface area contributed by atoms with Gasteiger partial charge in [-0.1, -0.05) is 0 Å². The molecule has 0 rings (SSSR count). The molecule has 0 fully saturated rings. The van der Waals surface area contributed by atoms with Crippen LogP contribution in [-0.4, -0.2) is 18.4 Å². The molecule has 0 aromatic rings. The molecule has 0 saturated carbocycles. The monoisotopic (exact) mass is 374 g/mol. The van der Waals surface area contributed by atoms with Gasteiger partial charge in [0.1, 0.15) is 0 Å². The van der Waals surface area contributed by atoms with E-state index in [1.807, 2.05) is 6.20 Å². The fourth-order valence-corrected chi connectivity index (χ4v) is 18.6. The standard InChI is InChI=1S/C4H7N2.3C4H9.Sn/c5-3-1-2-4-6;3*1-3-4-2;/h1,3-4H,5-6H2;3*1,3-4H2,2H3;/b3-1-,4-2?;;;;. The Labute approximate surface area is 124 Å². The second-order valence-corrected chi connectivity index (χ2v) is 18.8. The maximum atomic E-state index is 5.94. The van der Waals surface area contributed by atoms with E-state index in [2.05, 4.69) is 26.8 Å². The molecule has 0 aliphatic heterocycles. The molecule has 0 heterocycles. The van der Waals surface area contributed by atoms with Gasteiger partial charge in [-0.3, -0.25) is 0 Å². The summed E-state index contributed by atoms with van der Waals surface area (Å²) in [6.07, 6.45) is 13.6. The Morgan fingerprint density at radius 1 is 0.842 bits per heavy atom. The number of unbranched alkanes of at least 4 members (excludes halogenated alkanes) is 3. The molecule has 0 amide bonds. The fourth-order valence-electron chi connectivity index (χ4n) is 2.87. The van der Waals surface area contributed by atoms with Gasteiger partial charge in [0.15, 0.2) is 0 Å². The van der Waals surface area contributed by atoms with Gasteiger partial charge in [0, 0.05) is 0 Å². The summed E-state index contributed by atoms with van der Waals surface area (Å²) >= 11 is -2.30. The van der Waals surface area contributed by atoms with E-state index < -0.39 is 18.4 Å². The van der Waals surface area contributed by atoms with Crippen LogP contribution in [0.25, 0.3) is 0 Å². The summed E-state index contributed by atoms with van der Waals surface area (Å²) in [5, 5.41) is 0. The van der Waals surface area contributed by atoms with Crippen molar-refractivity contribution >= 4 is 18.4 Å². The molecule has 0 saturated heterocycles. The number of rotatable bonds is 11. The zero-order valence-corrected chi connectivity index (χ0v) is 16.1. The summed E-state index contributed by atoms with van der Waals surface area (Å²) in [4.78, 5) is 0. The van der Waals surface area contributed by atoms with E-state index in [9.17, 15) is 0 Å². The first-order chi connectivity index (χ1) is 9.20. The quantitative estimate of drug-likeness (QED) is 0.408. The van der Waals surface area contributed by atoms with Crippen LogP contribution in [0, 0.1) is 0 Å². The van der Waals surface area contributed by atoms with Crippen LogP contribution in [0.4, 0.5) is 0 Å². The van der Waals surface area contributed by atoms with Gasteiger partial charge in [-0.2, -0.15) is 0 Å². The van der Waals surface area contributed by atoms with Crippen molar-refractivity contribution in [2.24, 2.45) is 11.5 Å². The molecule has 0 unspecified atom stereocenters. The van der Waals surface area contributed by atoms with Crippen molar-refractivity contribution in [3.63, 3.8) is 0 Å². The average Bonchev–Trinajstić information content (AvgIpc) is 2.44. The summed E-state index contributed by atoms with van der Waals surface area (Å²) in [6, 6.07) is 0. The Morgan fingerprint density at radius 2 is 1.26 bits per heavy atom. The molecule has 0 aromatic carbocycles. The second-order valence-electron chi connectivity index (χ2n) is 5.57. The Morgan fingerprint density at radius 3 is 1.53 bits per heavy atom. The van der Waals surface area contributed by atoms with Crippen LogP contribution in [0.2, 0.25) is 13.3 Å². The molecular weight excluding hydrogens is 339 g/mol. The molecule has 0 radical (unpaired) electrons. The van der Waals surface area contributed by atoms with E-state index in [0.717, 1.165) is 0 Å². The minimum absolute atomic E-state index is 1.29. The molecule has 0 atom stereocenters. The van der Waals surface area contributed by atoms with Crippen molar-refractivity contribution in [1.29, 1.82) is 0 Å². The fraction of sp³-hybridized carbons (Fsp3) is 0.750. The first-order valence-electron chi connectivity index (χ1n) is 8.01. The first kappa shape index (κ1) is 18.9.